The first-order chi connectivity index (χ1) is 21.1. The van der Waals surface area contributed by atoms with Crippen molar-refractivity contribution in [1.29, 1.82) is 0 Å². The Balaban J connectivity index is 1.53. The number of carbonyl (C=O) groups excluding carboxylic acids is 1. The Bertz CT molecular complexity index is 1960. The topological polar surface area (TPSA) is 122 Å². The zero-order valence-corrected chi connectivity index (χ0v) is 25.9. The van der Waals surface area contributed by atoms with Gasteiger partial charge in [-0.2, -0.15) is 0 Å². The molecule has 0 saturated heterocycles. The molecular weight excluding hydrogens is 606 g/mol. The largest absolute Gasteiger partial charge is 0.493 e. The summed E-state index contributed by atoms with van der Waals surface area (Å²) in [6.45, 7) is 5.73. The van der Waals surface area contributed by atoms with Crippen molar-refractivity contribution in [3.63, 3.8) is 0 Å². The van der Waals surface area contributed by atoms with Crippen LogP contribution in [-0.2, 0) is 16.1 Å². The maximum absolute atomic E-state index is 13.9. The molecule has 0 bridgehead atoms. The molecule has 0 saturated carbocycles. The number of non-ortho nitro benzene ring substituents is 1. The van der Waals surface area contributed by atoms with Crippen LogP contribution in [0.15, 0.2) is 81.7 Å². The lowest BCUT2D eigenvalue weighted by molar-refractivity contribution is -0.384. The highest BCUT2D eigenvalue weighted by molar-refractivity contribution is 7.07. The Kier molecular flexibility index (Phi) is 8.98. The monoisotopic (exact) mass is 633 g/mol. The highest BCUT2D eigenvalue weighted by atomic mass is 35.5. The second-order valence-corrected chi connectivity index (χ2v) is 11.4. The van der Waals surface area contributed by atoms with E-state index in [1.54, 1.807) is 44.2 Å². The van der Waals surface area contributed by atoms with E-state index in [1.165, 1.54) is 35.1 Å². The van der Waals surface area contributed by atoms with E-state index >= 15 is 0 Å². The van der Waals surface area contributed by atoms with Crippen LogP contribution in [0, 0.1) is 17.0 Å². The van der Waals surface area contributed by atoms with Gasteiger partial charge >= 0.3 is 5.97 Å². The third-order valence-corrected chi connectivity index (χ3v) is 8.25. The molecule has 5 rings (SSSR count). The van der Waals surface area contributed by atoms with Crippen molar-refractivity contribution in [1.82, 2.24) is 4.57 Å². The fourth-order valence-electron chi connectivity index (χ4n) is 4.84. The number of fused-ring (bicyclic) bond motifs is 1. The van der Waals surface area contributed by atoms with Crippen LogP contribution in [0.2, 0.25) is 5.02 Å². The molecule has 0 unspecified atom stereocenters. The van der Waals surface area contributed by atoms with E-state index in [4.69, 9.17) is 25.8 Å². The number of carbonyl (C=O) groups is 1. The van der Waals surface area contributed by atoms with E-state index < -0.39 is 16.9 Å². The van der Waals surface area contributed by atoms with Gasteiger partial charge in [-0.3, -0.25) is 19.5 Å². The minimum absolute atomic E-state index is 0.0172. The second-order valence-electron chi connectivity index (χ2n) is 9.96. The van der Waals surface area contributed by atoms with Crippen LogP contribution in [0.1, 0.15) is 42.1 Å². The van der Waals surface area contributed by atoms with Gasteiger partial charge in [0.05, 0.1) is 45.5 Å². The minimum atomic E-state index is -0.707. The number of nitrogens with zero attached hydrogens (tertiary/aromatic N) is 3. The van der Waals surface area contributed by atoms with Crippen molar-refractivity contribution in [2.45, 2.75) is 33.4 Å². The Morgan fingerprint density at radius 1 is 1.14 bits per heavy atom. The highest BCUT2D eigenvalue weighted by Gasteiger charge is 2.33. The highest BCUT2D eigenvalue weighted by Crippen LogP contribution is 2.37. The fourth-order valence-corrected chi connectivity index (χ4v) is 6.16. The quantitative estimate of drug-likeness (QED) is 0.140. The summed E-state index contributed by atoms with van der Waals surface area (Å²) < 4.78 is 18.7. The summed E-state index contributed by atoms with van der Waals surface area (Å²) in [7, 11) is 1.48. The van der Waals surface area contributed by atoms with Gasteiger partial charge in [-0.25, -0.2) is 9.79 Å². The average molecular weight is 634 g/mol. The van der Waals surface area contributed by atoms with E-state index in [0.29, 0.717) is 43.2 Å². The number of nitro groups is 1. The molecule has 1 aliphatic heterocycles. The molecule has 0 amide bonds. The standard InChI is InChI=1S/C32H28ClN3O7S/c1-5-42-31(38)27-19(3)34-32-35(28(27)22-10-6-18(2)7-11-22)30(37)26(44-32)16-21-14-24(33)29(25(15-21)41-4)43-17-20-8-12-23(13-9-20)36(39)40/h6-16,28H,5,17H2,1-4H3/b26-16+/t28-/m0/s1. The lowest BCUT2D eigenvalue weighted by Gasteiger charge is -2.24. The molecule has 226 valence electrons. The zero-order valence-electron chi connectivity index (χ0n) is 24.3. The first-order valence-corrected chi connectivity index (χ1v) is 14.8. The van der Waals surface area contributed by atoms with Crippen molar-refractivity contribution in [3.05, 3.63) is 129 Å². The van der Waals surface area contributed by atoms with Gasteiger partial charge in [-0.1, -0.05) is 52.8 Å². The molecule has 0 radical (unpaired) electrons. The van der Waals surface area contributed by atoms with Gasteiger partial charge in [0.15, 0.2) is 16.3 Å². The summed E-state index contributed by atoms with van der Waals surface area (Å²) in [6, 6.07) is 16.3. The maximum atomic E-state index is 13.9. The van der Waals surface area contributed by atoms with Crippen molar-refractivity contribution < 1.29 is 23.9 Å². The van der Waals surface area contributed by atoms with E-state index in [0.717, 1.165) is 11.1 Å². The predicted octanol–water partition coefficient (Wildman–Crippen LogP) is 5.26. The van der Waals surface area contributed by atoms with Gasteiger partial charge in [0.2, 0.25) is 0 Å². The Labute approximate surface area is 261 Å². The van der Waals surface area contributed by atoms with Gasteiger partial charge in [-0.05, 0) is 67.8 Å². The number of esters is 1. The molecule has 0 spiro atoms. The molecule has 0 fully saturated rings. The van der Waals surface area contributed by atoms with Gasteiger partial charge in [-0.15, -0.1) is 0 Å². The van der Waals surface area contributed by atoms with Gasteiger partial charge < -0.3 is 14.2 Å². The molecule has 10 nitrogen and oxygen atoms in total. The average Bonchev–Trinajstić information content (AvgIpc) is 3.30. The van der Waals surface area contributed by atoms with E-state index in [2.05, 4.69) is 4.99 Å². The van der Waals surface area contributed by atoms with Gasteiger partial charge in [0.25, 0.3) is 11.2 Å². The first kappa shape index (κ1) is 30.7. The fraction of sp³-hybridized carbons (Fsp3) is 0.219. The summed E-state index contributed by atoms with van der Waals surface area (Å²) in [4.78, 5) is 42.5. The third-order valence-electron chi connectivity index (χ3n) is 6.99. The van der Waals surface area contributed by atoms with E-state index in [1.807, 2.05) is 31.2 Å². The molecule has 12 heteroatoms. The number of allylic oxidation sites excluding steroid dienone is 1. The van der Waals surface area contributed by atoms with Crippen LogP contribution in [0.4, 0.5) is 5.69 Å². The zero-order chi connectivity index (χ0) is 31.5. The Morgan fingerprint density at radius 3 is 2.48 bits per heavy atom. The number of ether oxygens (including phenoxy) is 3. The first-order valence-electron chi connectivity index (χ1n) is 13.6. The molecule has 1 aromatic heterocycles. The number of hydrogen-bond acceptors (Lipinski definition) is 9. The normalized spacial score (nSPS) is 14.6. The van der Waals surface area contributed by atoms with Crippen LogP contribution in [0.5, 0.6) is 11.5 Å². The number of methoxy groups -OCH3 is 1. The third kappa shape index (κ3) is 6.15. The number of benzene rings is 3. The van der Waals surface area contributed by atoms with Crippen molar-refractivity contribution >= 4 is 40.7 Å². The lowest BCUT2D eigenvalue weighted by Crippen LogP contribution is -2.39. The number of thiazole rings is 1. The molecule has 0 N–H and O–H groups in total. The minimum Gasteiger partial charge on any atom is -0.493 e. The van der Waals surface area contributed by atoms with Crippen molar-refractivity contribution in [2.75, 3.05) is 13.7 Å². The summed E-state index contributed by atoms with van der Waals surface area (Å²) >= 11 is 7.80. The van der Waals surface area contributed by atoms with Crippen LogP contribution in [-0.4, -0.2) is 29.2 Å². The van der Waals surface area contributed by atoms with Crippen molar-refractivity contribution in [3.8, 4) is 11.5 Å². The smallest absolute Gasteiger partial charge is 0.338 e. The molecule has 3 aromatic carbocycles. The number of halogens is 1. The second kappa shape index (κ2) is 12.9. The molecule has 1 atom stereocenters. The van der Waals surface area contributed by atoms with Crippen LogP contribution in [0.3, 0.4) is 0 Å². The molecule has 0 aliphatic carbocycles. The Morgan fingerprint density at radius 2 is 1.84 bits per heavy atom. The Hall–Kier alpha value is -4.74. The van der Waals surface area contributed by atoms with Crippen LogP contribution >= 0.6 is 22.9 Å². The van der Waals surface area contributed by atoms with E-state index in [-0.39, 0.29) is 29.5 Å². The number of hydrogen-bond donors (Lipinski definition) is 0. The van der Waals surface area contributed by atoms with Crippen molar-refractivity contribution in [2.24, 2.45) is 4.99 Å². The lowest BCUT2D eigenvalue weighted by atomic mass is 9.95. The number of aryl methyl sites for hydroxylation is 1. The predicted molar refractivity (Wildman–Crippen MR) is 167 cm³/mol. The molecule has 1 aliphatic rings. The molecule has 2 heterocycles. The SMILES string of the molecule is CCOC(=O)C1=C(C)N=c2s/c(=C/c3cc(Cl)c(OCc4ccc([N+](=O)[O-])cc4)c(OC)c3)c(=O)n2[C@H]1c1ccc(C)cc1. The van der Waals surface area contributed by atoms with Crippen LogP contribution < -0.4 is 24.4 Å². The maximum Gasteiger partial charge on any atom is 0.338 e. The molecule has 44 heavy (non-hydrogen) atoms. The van der Waals surface area contributed by atoms with Gasteiger partial charge in [0.1, 0.15) is 6.61 Å². The molecule has 4 aromatic rings. The number of nitro benzene ring substituents is 1. The summed E-state index contributed by atoms with van der Waals surface area (Å²) in [5, 5.41) is 11.2. The number of rotatable bonds is 9. The summed E-state index contributed by atoms with van der Waals surface area (Å²) in [5.74, 6) is 0.117. The number of aromatic nitrogens is 1. The summed E-state index contributed by atoms with van der Waals surface area (Å²) in [5.41, 5.74) is 3.58. The van der Waals surface area contributed by atoms with Gasteiger partial charge in [0, 0.05) is 12.1 Å². The van der Waals surface area contributed by atoms with Crippen LogP contribution in [0.25, 0.3) is 6.08 Å². The summed E-state index contributed by atoms with van der Waals surface area (Å²) in [6.07, 6.45) is 1.69. The molecular formula is C32H28ClN3O7S. The van der Waals surface area contributed by atoms with E-state index in [9.17, 15) is 19.7 Å².